The topological polar surface area (TPSA) is 0 Å². The van der Waals surface area contributed by atoms with Crippen LogP contribution in [0.2, 0.25) is 0 Å². The van der Waals surface area contributed by atoms with Gasteiger partial charge in [-0.2, -0.15) is 9.90 Å². The Balaban J connectivity index is 0. The van der Waals surface area contributed by atoms with E-state index in [0.717, 1.165) is 0 Å². The molecule has 4 heavy (non-hydrogen) atoms. The van der Waals surface area contributed by atoms with Gasteiger partial charge in [0.15, 0.2) is 0 Å². The van der Waals surface area contributed by atoms with E-state index in [-0.39, 0.29) is 61.4 Å². The van der Waals surface area contributed by atoms with E-state index in [9.17, 15) is 0 Å². The molecule has 0 saturated carbocycles. The van der Waals surface area contributed by atoms with Crippen LogP contribution in [0.4, 0.5) is 0 Å². The van der Waals surface area contributed by atoms with Gasteiger partial charge < -0.3 is 0 Å². The number of rotatable bonds is 0. The van der Waals surface area contributed by atoms with Crippen LogP contribution in [0.1, 0.15) is 0 Å². The summed E-state index contributed by atoms with van der Waals surface area (Å²) in [4.78, 5) is 0. The molecule has 0 aromatic rings. The van der Waals surface area contributed by atoms with Gasteiger partial charge in [-0.05, 0) is 11.0 Å². The Morgan fingerprint density at radius 2 is 1.00 bits per heavy atom. The Kier molecular flexibility index (Phi) is 193. The van der Waals surface area contributed by atoms with E-state index in [1.165, 1.54) is 0 Å². The first-order chi connectivity index (χ1) is 0. The van der Waals surface area contributed by atoms with E-state index in [0.29, 0.717) is 0 Å². The van der Waals surface area contributed by atoms with Crippen molar-refractivity contribution in [1.82, 2.24) is 0 Å². The molecule has 0 rings (SSSR count). The zero-order valence-corrected chi connectivity index (χ0v) is 4.18. The summed E-state index contributed by atoms with van der Waals surface area (Å²) in [6.07, 6.45) is 0. The van der Waals surface area contributed by atoms with Gasteiger partial charge in [0, 0.05) is 21.7 Å². The van der Waals surface area contributed by atoms with Crippen molar-refractivity contribution in [2.75, 3.05) is 0 Å². The molecule has 0 N–H and O–H groups in total. The first-order valence-electron chi connectivity index (χ1n) is 0. The predicted molar refractivity (Wildman–Crippen MR) is 29.6 cm³/mol. The van der Waals surface area contributed by atoms with Gasteiger partial charge in [-0.1, -0.05) is 0 Å². The van der Waals surface area contributed by atoms with Crippen molar-refractivity contribution < 1.29 is 21.7 Å². The maximum absolute atomic E-state index is 0. The molecule has 1 unspecified atom stereocenters. The zero-order valence-electron chi connectivity index (χ0n) is 1.21. The molecule has 0 aliphatic rings. The van der Waals surface area contributed by atoms with Crippen LogP contribution < -0.4 is 0 Å². The van der Waals surface area contributed by atoms with E-state index >= 15 is 0 Å². The molecule has 0 amide bonds. The van der Waals surface area contributed by atoms with Crippen molar-refractivity contribution in [3.8, 4) is 0 Å². The summed E-state index contributed by atoms with van der Waals surface area (Å²) in [5.41, 5.74) is 0. The van der Waals surface area contributed by atoms with Crippen molar-refractivity contribution in [2.24, 2.45) is 0 Å². The largest absolute Gasteiger partial charge is 0.0149 e. The predicted octanol–water partition coefficient (Wildman–Crippen LogP) is -2.04. The Morgan fingerprint density at radius 3 is 1.00 bits per heavy atom. The maximum atomic E-state index is 0. The molecule has 0 radical (unpaired) electrons. The smallest absolute Gasteiger partial charge is 0 e. The SMILES string of the molecule is P.[LiH].[SiH4].[Ti]. The van der Waals surface area contributed by atoms with Crippen LogP contribution in [-0.2, 0) is 21.7 Å². The quantitative estimate of drug-likeness (QED) is 0.256. The van der Waals surface area contributed by atoms with Gasteiger partial charge in [-0.15, -0.1) is 0 Å². The third-order valence-corrected chi connectivity index (χ3v) is 0. The van der Waals surface area contributed by atoms with Crippen LogP contribution in [0.15, 0.2) is 0 Å². The summed E-state index contributed by atoms with van der Waals surface area (Å²) in [5, 5.41) is 0. The molecular formula is H8LiPSiTi. The van der Waals surface area contributed by atoms with Gasteiger partial charge in [-0.25, -0.2) is 0 Å². The van der Waals surface area contributed by atoms with Crippen LogP contribution in [0.3, 0.4) is 0 Å². The van der Waals surface area contributed by atoms with Crippen LogP contribution in [-0.4, -0.2) is 29.8 Å². The Bertz CT molecular complexity index is 8.00. The minimum absolute atomic E-state index is 0. The van der Waals surface area contributed by atoms with Gasteiger partial charge in [0.05, 0.1) is 0 Å². The summed E-state index contributed by atoms with van der Waals surface area (Å²) in [6.45, 7) is 0. The summed E-state index contributed by atoms with van der Waals surface area (Å²) in [7, 11) is 0. The molecular weight excluding hydrogens is 114 g/mol. The average molecular weight is 122 g/mol. The second-order valence-electron chi connectivity index (χ2n) is 0. The van der Waals surface area contributed by atoms with Crippen LogP contribution in [0.5, 0.6) is 0 Å². The molecule has 22 valence electrons. The number of hydrogen-bond donors (Lipinski definition) is 0. The Labute approximate surface area is 61.2 Å². The Morgan fingerprint density at radius 1 is 1.00 bits per heavy atom. The fourth-order valence-electron chi connectivity index (χ4n) is 0. The van der Waals surface area contributed by atoms with E-state index in [1.54, 1.807) is 0 Å². The van der Waals surface area contributed by atoms with Crippen molar-refractivity contribution >= 4 is 39.7 Å². The molecule has 0 saturated heterocycles. The van der Waals surface area contributed by atoms with Gasteiger partial charge in [0.25, 0.3) is 0 Å². The second kappa shape index (κ2) is 20.3. The van der Waals surface area contributed by atoms with Gasteiger partial charge in [0.1, 0.15) is 0 Å². The van der Waals surface area contributed by atoms with Crippen molar-refractivity contribution in [1.29, 1.82) is 0 Å². The summed E-state index contributed by atoms with van der Waals surface area (Å²) in [6, 6.07) is 0. The third-order valence-electron chi connectivity index (χ3n) is 0. The molecule has 0 nitrogen and oxygen atoms in total. The minimum Gasteiger partial charge on any atom is -0.0149 e. The van der Waals surface area contributed by atoms with Crippen LogP contribution in [0, 0.1) is 0 Å². The molecule has 0 bridgehead atoms. The number of hydrogen-bond acceptors (Lipinski definition) is 0. The van der Waals surface area contributed by atoms with E-state index in [4.69, 9.17) is 0 Å². The third kappa shape index (κ3) is 9.03. The van der Waals surface area contributed by atoms with Gasteiger partial charge >= 0.3 is 18.9 Å². The molecule has 0 aliphatic carbocycles. The zero-order chi connectivity index (χ0) is 0. The molecule has 0 aromatic carbocycles. The van der Waals surface area contributed by atoms with Crippen molar-refractivity contribution in [2.45, 2.75) is 0 Å². The first-order valence-corrected chi connectivity index (χ1v) is 0. The molecule has 0 aromatic heterocycles. The van der Waals surface area contributed by atoms with E-state index in [1.807, 2.05) is 0 Å². The fraction of sp³-hybridized carbons (Fsp3) is 0. The molecule has 1 atom stereocenters. The standard InChI is InChI=1S/Li.H3P.H4Si.Ti.H/h;1H3;1H4;;. The maximum Gasteiger partial charge on any atom is 0 e. The Hall–Kier alpha value is 1.96. The molecule has 0 aliphatic heterocycles. The minimum atomic E-state index is 0. The second-order valence-corrected chi connectivity index (χ2v) is 0. The molecule has 0 fully saturated rings. The van der Waals surface area contributed by atoms with Crippen LogP contribution in [0.25, 0.3) is 0 Å². The van der Waals surface area contributed by atoms with Crippen molar-refractivity contribution in [3.63, 3.8) is 0 Å². The normalized spacial score (nSPS) is 0. The molecule has 0 spiro atoms. The van der Waals surface area contributed by atoms with E-state index in [2.05, 4.69) is 0 Å². The monoisotopic (exact) mass is 122 g/mol. The summed E-state index contributed by atoms with van der Waals surface area (Å²) < 4.78 is 0. The average Bonchev–Trinajstić information content (AvgIpc) is 0. The van der Waals surface area contributed by atoms with Crippen LogP contribution >= 0.6 is 9.90 Å². The van der Waals surface area contributed by atoms with E-state index < -0.39 is 0 Å². The first kappa shape index (κ1) is 38.2. The molecule has 0 heterocycles. The van der Waals surface area contributed by atoms with Gasteiger partial charge in [0.2, 0.25) is 0 Å². The van der Waals surface area contributed by atoms with Gasteiger partial charge in [-0.3, -0.25) is 0 Å². The van der Waals surface area contributed by atoms with Crippen molar-refractivity contribution in [3.05, 3.63) is 0 Å². The molecule has 4 heteroatoms. The summed E-state index contributed by atoms with van der Waals surface area (Å²) >= 11 is 0. The fourth-order valence-corrected chi connectivity index (χ4v) is 0. The summed E-state index contributed by atoms with van der Waals surface area (Å²) in [5.74, 6) is 0.